The molecular weight excluding hydrogens is 416 g/mol. The lowest BCUT2D eigenvalue weighted by Gasteiger charge is -2.33. The van der Waals surface area contributed by atoms with Crippen LogP contribution in [0.15, 0.2) is 85.1 Å². The lowest BCUT2D eigenvalue weighted by atomic mass is 10.00. The van der Waals surface area contributed by atoms with E-state index in [1.807, 2.05) is 59.5 Å². The van der Waals surface area contributed by atoms with Crippen LogP contribution >= 0.6 is 11.6 Å². The van der Waals surface area contributed by atoms with Gasteiger partial charge in [0.25, 0.3) is 5.91 Å². The van der Waals surface area contributed by atoms with E-state index in [-0.39, 0.29) is 11.9 Å². The molecule has 0 saturated heterocycles. The minimum absolute atomic E-state index is 0.0681. The van der Waals surface area contributed by atoms with Crippen molar-refractivity contribution in [3.05, 3.63) is 107 Å². The van der Waals surface area contributed by atoms with Crippen molar-refractivity contribution in [2.24, 2.45) is 5.92 Å². The summed E-state index contributed by atoms with van der Waals surface area (Å²) in [5.41, 5.74) is 2.99. The average molecular weight is 445 g/mol. The van der Waals surface area contributed by atoms with E-state index in [4.69, 9.17) is 11.6 Å². The average Bonchev–Trinajstić information content (AvgIpc) is 3.22. The Hall–Kier alpha value is -3.04. The molecule has 0 aliphatic heterocycles. The molecule has 4 heteroatoms. The van der Waals surface area contributed by atoms with Gasteiger partial charge in [-0.05, 0) is 59.5 Å². The van der Waals surface area contributed by atoms with Crippen LogP contribution in [0.25, 0.3) is 10.8 Å². The van der Waals surface area contributed by atoms with Crippen molar-refractivity contribution in [3.63, 3.8) is 0 Å². The molecule has 32 heavy (non-hydrogen) atoms. The second-order valence-electron chi connectivity index (χ2n) is 8.70. The third kappa shape index (κ3) is 4.73. The Morgan fingerprint density at radius 3 is 2.47 bits per heavy atom. The molecule has 3 aromatic carbocycles. The van der Waals surface area contributed by atoms with Crippen LogP contribution in [-0.2, 0) is 13.1 Å². The van der Waals surface area contributed by atoms with Crippen LogP contribution in [0, 0.1) is 5.92 Å². The van der Waals surface area contributed by atoms with Gasteiger partial charge in [-0.15, -0.1) is 0 Å². The molecule has 3 nitrogen and oxygen atoms in total. The van der Waals surface area contributed by atoms with Gasteiger partial charge < -0.3 is 9.47 Å². The molecule has 0 aliphatic carbocycles. The number of hydrogen-bond donors (Lipinski definition) is 0. The standard InChI is InChI=1S/C28H29ClN2O/c1-20(2)21(3)31(28(32)27-15-7-11-23-10-4-5-14-26(23)27)19-25-13-8-16-30(25)18-22-9-6-12-24(29)17-22/h4-17,20-21H,18-19H2,1-3H3. The van der Waals surface area contributed by atoms with Crippen LogP contribution in [-0.4, -0.2) is 21.4 Å². The molecule has 4 rings (SSSR count). The highest BCUT2D eigenvalue weighted by molar-refractivity contribution is 6.30. The first-order valence-corrected chi connectivity index (χ1v) is 11.5. The van der Waals surface area contributed by atoms with Crippen molar-refractivity contribution in [1.82, 2.24) is 9.47 Å². The quantitative estimate of drug-likeness (QED) is 0.300. The lowest BCUT2D eigenvalue weighted by molar-refractivity contribution is 0.0625. The van der Waals surface area contributed by atoms with Crippen molar-refractivity contribution in [2.45, 2.75) is 39.9 Å². The summed E-state index contributed by atoms with van der Waals surface area (Å²) in [6.07, 6.45) is 2.07. The number of halogens is 1. The SMILES string of the molecule is CC(C)C(C)N(Cc1cccn1Cc1cccc(Cl)c1)C(=O)c1cccc2ccccc12. The van der Waals surface area contributed by atoms with Crippen molar-refractivity contribution >= 4 is 28.3 Å². The van der Waals surface area contributed by atoms with E-state index in [1.54, 1.807) is 0 Å². The van der Waals surface area contributed by atoms with E-state index < -0.39 is 0 Å². The summed E-state index contributed by atoms with van der Waals surface area (Å²) in [6.45, 7) is 7.74. The summed E-state index contributed by atoms with van der Waals surface area (Å²) in [5, 5.41) is 2.81. The molecule has 0 fully saturated rings. The monoisotopic (exact) mass is 444 g/mol. The molecule has 0 aliphatic rings. The maximum absolute atomic E-state index is 13.8. The summed E-state index contributed by atoms with van der Waals surface area (Å²) in [6, 6.07) is 26.2. The van der Waals surface area contributed by atoms with Gasteiger partial charge in [0, 0.05) is 35.1 Å². The van der Waals surface area contributed by atoms with Gasteiger partial charge in [-0.2, -0.15) is 0 Å². The number of fused-ring (bicyclic) bond motifs is 1. The van der Waals surface area contributed by atoms with Crippen molar-refractivity contribution in [2.75, 3.05) is 0 Å². The van der Waals surface area contributed by atoms with Gasteiger partial charge in [-0.3, -0.25) is 4.79 Å². The van der Waals surface area contributed by atoms with Gasteiger partial charge in [0.05, 0.1) is 6.54 Å². The summed E-state index contributed by atoms with van der Waals surface area (Å²) in [7, 11) is 0. The Balaban J connectivity index is 1.67. The molecule has 1 amide bonds. The second-order valence-corrected chi connectivity index (χ2v) is 9.14. The number of nitrogens with zero attached hydrogens (tertiary/aromatic N) is 2. The summed E-state index contributed by atoms with van der Waals surface area (Å²) >= 11 is 6.18. The first-order valence-electron chi connectivity index (χ1n) is 11.1. The van der Waals surface area contributed by atoms with Crippen LogP contribution in [0.2, 0.25) is 5.02 Å². The first kappa shape index (κ1) is 22.2. The molecule has 1 atom stereocenters. The van der Waals surface area contributed by atoms with Crippen LogP contribution in [0.5, 0.6) is 0 Å². The van der Waals surface area contributed by atoms with E-state index in [0.29, 0.717) is 12.5 Å². The number of aromatic nitrogens is 1. The molecule has 0 radical (unpaired) electrons. The molecule has 1 heterocycles. The van der Waals surface area contributed by atoms with Crippen LogP contribution in [0.4, 0.5) is 0 Å². The maximum atomic E-state index is 13.8. The maximum Gasteiger partial charge on any atom is 0.255 e. The van der Waals surface area contributed by atoms with Gasteiger partial charge in [-0.25, -0.2) is 0 Å². The summed E-state index contributed by atoms with van der Waals surface area (Å²) in [5.74, 6) is 0.406. The second kappa shape index (κ2) is 9.62. The zero-order chi connectivity index (χ0) is 22.7. The van der Waals surface area contributed by atoms with E-state index in [0.717, 1.165) is 39.2 Å². The number of benzene rings is 3. The lowest BCUT2D eigenvalue weighted by Crippen LogP contribution is -2.41. The van der Waals surface area contributed by atoms with Crippen molar-refractivity contribution in [1.29, 1.82) is 0 Å². The van der Waals surface area contributed by atoms with Gasteiger partial charge in [0.2, 0.25) is 0 Å². The number of carbonyl (C=O) groups excluding carboxylic acids is 1. The fourth-order valence-corrected chi connectivity index (χ4v) is 4.29. The number of amides is 1. The first-order chi connectivity index (χ1) is 15.4. The number of rotatable bonds is 7. The van der Waals surface area contributed by atoms with E-state index >= 15 is 0 Å². The van der Waals surface area contributed by atoms with Crippen molar-refractivity contribution in [3.8, 4) is 0 Å². The van der Waals surface area contributed by atoms with E-state index in [9.17, 15) is 4.79 Å². The number of carbonyl (C=O) groups is 1. The summed E-state index contributed by atoms with van der Waals surface area (Å²) < 4.78 is 2.20. The molecule has 4 aromatic rings. The fourth-order valence-electron chi connectivity index (χ4n) is 4.08. The van der Waals surface area contributed by atoms with Gasteiger partial charge >= 0.3 is 0 Å². The Labute approximate surface area is 195 Å². The van der Waals surface area contributed by atoms with Gasteiger partial charge in [0.1, 0.15) is 0 Å². The highest BCUT2D eigenvalue weighted by Gasteiger charge is 2.26. The molecule has 0 bridgehead atoms. The molecule has 1 unspecified atom stereocenters. The molecular formula is C28H29ClN2O. The molecule has 1 aromatic heterocycles. The van der Waals surface area contributed by atoms with Crippen molar-refractivity contribution < 1.29 is 4.79 Å². The highest BCUT2D eigenvalue weighted by Crippen LogP contribution is 2.24. The van der Waals surface area contributed by atoms with E-state index in [2.05, 4.69) is 55.8 Å². The van der Waals surface area contributed by atoms with Crippen LogP contribution in [0.3, 0.4) is 0 Å². The zero-order valence-electron chi connectivity index (χ0n) is 18.8. The smallest absolute Gasteiger partial charge is 0.255 e. The molecule has 164 valence electrons. The zero-order valence-corrected chi connectivity index (χ0v) is 19.6. The minimum Gasteiger partial charge on any atom is -0.345 e. The molecule has 0 saturated carbocycles. The minimum atomic E-state index is 0.0681. The largest absolute Gasteiger partial charge is 0.345 e. The third-order valence-electron chi connectivity index (χ3n) is 6.24. The highest BCUT2D eigenvalue weighted by atomic mass is 35.5. The van der Waals surface area contributed by atoms with Gasteiger partial charge in [0.15, 0.2) is 0 Å². The topological polar surface area (TPSA) is 25.2 Å². The Morgan fingerprint density at radius 1 is 0.938 bits per heavy atom. The molecule has 0 spiro atoms. The normalized spacial score (nSPS) is 12.3. The predicted octanol–water partition coefficient (Wildman–Crippen LogP) is 7.03. The fraction of sp³-hybridized carbons (Fsp3) is 0.250. The predicted molar refractivity (Wildman–Crippen MR) is 133 cm³/mol. The van der Waals surface area contributed by atoms with Gasteiger partial charge in [-0.1, -0.05) is 74.0 Å². The van der Waals surface area contributed by atoms with E-state index in [1.165, 1.54) is 0 Å². The Morgan fingerprint density at radius 2 is 1.69 bits per heavy atom. The third-order valence-corrected chi connectivity index (χ3v) is 6.47. The van der Waals surface area contributed by atoms with Crippen LogP contribution < -0.4 is 0 Å². The van der Waals surface area contributed by atoms with Crippen LogP contribution in [0.1, 0.15) is 42.4 Å². The molecule has 0 N–H and O–H groups in total. The number of hydrogen-bond acceptors (Lipinski definition) is 1. The summed E-state index contributed by atoms with van der Waals surface area (Å²) in [4.78, 5) is 15.9. The Bertz CT molecular complexity index is 1220. The Kier molecular flexibility index (Phi) is 6.66.